The Morgan fingerprint density at radius 2 is 1.59 bits per heavy atom. The Morgan fingerprint density at radius 3 is 2.34 bits per heavy atom. The average molecular weight is 490 g/mol. The Hall–Kier alpha value is -3.06. The van der Waals surface area contributed by atoms with Crippen LogP contribution < -0.4 is 5.56 Å². The van der Waals surface area contributed by atoms with Gasteiger partial charge >= 0.3 is 0 Å². The van der Waals surface area contributed by atoms with Crippen molar-refractivity contribution in [2.45, 2.75) is 45.6 Å². The SMILES string of the molecule is CCCCCCCn1cnc2c(c1=O)c1nc3ccccc3nc1n2-c1ccc(Br)cc1. The Balaban J connectivity index is 1.72. The highest BCUT2D eigenvalue weighted by molar-refractivity contribution is 9.10. The van der Waals surface area contributed by atoms with Crippen molar-refractivity contribution >= 4 is 49.2 Å². The topological polar surface area (TPSA) is 65.6 Å². The quantitative estimate of drug-likeness (QED) is 0.262. The number of nitrogens with zero attached hydrogens (tertiary/aromatic N) is 5. The van der Waals surface area contributed by atoms with Crippen molar-refractivity contribution in [2.24, 2.45) is 0 Å². The predicted molar refractivity (Wildman–Crippen MR) is 132 cm³/mol. The molecule has 0 atom stereocenters. The minimum Gasteiger partial charge on any atom is -0.299 e. The first-order valence-corrected chi connectivity index (χ1v) is 11.9. The van der Waals surface area contributed by atoms with E-state index in [0.717, 1.165) is 34.0 Å². The van der Waals surface area contributed by atoms with Gasteiger partial charge in [-0.3, -0.25) is 13.9 Å². The molecule has 162 valence electrons. The molecular weight excluding hydrogens is 466 g/mol. The maximum absolute atomic E-state index is 13.5. The molecule has 3 heterocycles. The highest BCUT2D eigenvalue weighted by Crippen LogP contribution is 2.28. The van der Waals surface area contributed by atoms with Crippen LogP contribution >= 0.6 is 15.9 Å². The van der Waals surface area contributed by atoms with E-state index in [-0.39, 0.29) is 5.56 Å². The van der Waals surface area contributed by atoms with Gasteiger partial charge in [0.25, 0.3) is 5.56 Å². The molecule has 0 bridgehead atoms. The molecule has 6 nitrogen and oxygen atoms in total. The smallest absolute Gasteiger partial charge is 0.265 e. The van der Waals surface area contributed by atoms with Crippen LogP contribution in [0.5, 0.6) is 0 Å². The largest absolute Gasteiger partial charge is 0.299 e. The van der Waals surface area contributed by atoms with Crippen LogP contribution in [0, 0.1) is 0 Å². The summed E-state index contributed by atoms with van der Waals surface area (Å²) in [6.07, 6.45) is 7.38. The third kappa shape index (κ3) is 3.71. The predicted octanol–water partition coefficient (Wildman–Crippen LogP) is 6.02. The van der Waals surface area contributed by atoms with Crippen LogP contribution in [0.25, 0.3) is 38.9 Å². The number of fused-ring (bicyclic) bond motifs is 4. The molecule has 0 aliphatic rings. The number of aromatic nitrogens is 5. The summed E-state index contributed by atoms with van der Waals surface area (Å²) in [6, 6.07) is 15.7. The number of para-hydroxylation sites is 2. The molecule has 0 spiro atoms. The van der Waals surface area contributed by atoms with Gasteiger partial charge in [0, 0.05) is 16.7 Å². The Bertz CT molecular complexity index is 1470. The Morgan fingerprint density at radius 1 is 0.875 bits per heavy atom. The van der Waals surface area contributed by atoms with Gasteiger partial charge < -0.3 is 0 Å². The number of hydrogen-bond acceptors (Lipinski definition) is 4. The summed E-state index contributed by atoms with van der Waals surface area (Å²) in [5, 5.41) is 0.525. The molecule has 0 amide bonds. The standard InChI is InChI=1S/C25H24BrN5O/c1-2-3-4-5-8-15-30-16-27-23-21(25(30)32)22-24(29-20-10-7-6-9-19(20)28-22)31(23)18-13-11-17(26)12-14-18/h6-7,9-14,16H,2-5,8,15H2,1H3. The van der Waals surface area contributed by atoms with Gasteiger partial charge in [-0.25, -0.2) is 15.0 Å². The van der Waals surface area contributed by atoms with Crippen LogP contribution in [0.1, 0.15) is 39.0 Å². The van der Waals surface area contributed by atoms with Crippen LogP contribution in [-0.4, -0.2) is 24.1 Å². The molecule has 0 radical (unpaired) electrons. The molecule has 0 saturated heterocycles. The number of halogens is 1. The number of aryl methyl sites for hydroxylation is 1. The van der Waals surface area contributed by atoms with Gasteiger partial charge in [0.05, 0.1) is 17.4 Å². The summed E-state index contributed by atoms with van der Waals surface area (Å²) in [4.78, 5) is 28.0. The molecule has 3 aromatic heterocycles. The third-order valence-corrected chi connectivity index (χ3v) is 6.35. The minimum absolute atomic E-state index is 0.0593. The molecule has 2 aromatic carbocycles. The summed E-state index contributed by atoms with van der Waals surface area (Å²) in [7, 11) is 0. The molecule has 0 aliphatic heterocycles. The van der Waals surface area contributed by atoms with Gasteiger partial charge in [0.1, 0.15) is 10.9 Å². The molecule has 5 aromatic rings. The molecule has 0 unspecified atom stereocenters. The number of rotatable bonds is 7. The lowest BCUT2D eigenvalue weighted by atomic mass is 10.1. The van der Waals surface area contributed by atoms with Crippen LogP contribution in [-0.2, 0) is 6.54 Å². The van der Waals surface area contributed by atoms with E-state index in [4.69, 9.17) is 15.0 Å². The summed E-state index contributed by atoms with van der Waals surface area (Å²) in [5.41, 5.74) is 4.22. The fourth-order valence-corrected chi connectivity index (χ4v) is 4.42. The van der Waals surface area contributed by atoms with Crippen molar-refractivity contribution in [3.63, 3.8) is 0 Å². The van der Waals surface area contributed by atoms with Crippen molar-refractivity contribution in [3.05, 3.63) is 69.7 Å². The Labute approximate surface area is 194 Å². The number of hydrogen-bond donors (Lipinski definition) is 0. The monoisotopic (exact) mass is 489 g/mol. The van der Waals surface area contributed by atoms with Gasteiger partial charge in [-0.2, -0.15) is 0 Å². The zero-order valence-corrected chi connectivity index (χ0v) is 19.5. The lowest BCUT2D eigenvalue weighted by Crippen LogP contribution is -2.20. The van der Waals surface area contributed by atoms with E-state index < -0.39 is 0 Å². The van der Waals surface area contributed by atoms with Gasteiger partial charge in [-0.1, -0.05) is 60.7 Å². The van der Waals surface area contributed by atoms with Crippen molar-refractivity contribution in [2.75, 3.05) is 0 Å². The summed E-state index contributed by atoms with van der Waals surface area (Å²) < 4.78 is 4.64. The second kappa shape index (κ2) is 8.82. The fourth-order valence-electron chi connectivity index (χ4n) is 4.15. The molecule has 0 fully saturated rings. The highest BCUT2D eigenvalue weighted by Gasteiger charge is 2.20. The zero-order chi connectivity index (χ0) is 22.1. The Kier molecular flexibility index (Phi) is 5.74. The highest BCUT2D eigenvalue weighted by atomic mass is 79.9. The van der Waals surface area contributed by atoms with Crippen LogP contribution in [0.2, 0.25) is 0 Å². The van der Waals surface area contributed by atoms with E-state index >= 15 is 0 Å². The van der Waals surface area contributed by atoms with E-state index in [1.54, 1.807) is 10.9 Å². The maximum Gasteiger partial charge on any atom is 0.265 e. The third-order valence-electron chi connectivity index (χ3n) is 5.82. The average Bonchev–Trinajstić information content (AvgIpc) is 3.13. The van der Waals surface area contributed by atoms with Crippen LogP contribution in [0.4, 0.5) is 0 Å². The first-order chi connectivity index (χ1) is 15.7. The molecule has 32 heavy (non-hydrogen) atoms. The molecule has 0 saturated carbocycles. The van der Waals surface area contributed by atoms with Crippen molar-refractivity contribution < 1.29 is 0 Å². The van der Waals surface area contributed by atoms with E-state index in [2.05, 4.69) is 22.9 Å². The van der Waals surface area contributed by atoms with Crippen molar-refractivity contribution in [1.29, 1.82) is 0 Å². The van der Waals surface area contributed by atoms with Gasteiger partial charge in [0.2, 0.25) is 0 Å². The first-order valence-electron chi connectivity index (χ1n) is 11.1. The minimum atomic E-state index is -0.0593. The van der Waals surface area contributed by atoms with Gasteiger partial charge in [-0.15, -0.1) is 0 Å². The fraction of sp³-hybridized carbons (Fsp3) is 0.280. The summed E-state index contributed by atoms with van der Waals surface area (Å²) in [6.45, 7) is 2.87. The van der Waals surface area contributed by atoms with Crippen molar-refractivity contribution in [3.8, 4) is 5.69 Å². The van der Waals surface area contributed by atoms with E-state index in [0.29, 0.717) is 28.7 Å². The molecule has 7 heteroatoms. The van der Waals surface area contributed by atoms with E-state index in [9.17, 15) is 4.79 Å². The van der Waals surface area contributed by atoms with Gasteiger partial charge in [-0.05, 0) is 42.8 Å². The van der Waals surface area contributed by atoms with Crippen molar-refractivity contribution in [1.82, 2.24) is 24.1 Å². The zero-order valence-electron chi connectivity index (χ0n) is 18.0. The summed E-state index contributed by atoms with van der Waals surface area (Å²) >= 11 is 3.50. The van der Waals surface area contributed by atoms with Crippen LogP contribution in [0.3, 0.4) is 0 Å². The number of unbranched alkanes of at least 4 members (excludes halogenated alkanes) is 4. The second-order valence-corrected chi connectivity index (χ2v) is 8.97. The van der Waals surface area contributed by atoms with E-state index in [1.165, 1.54) is 19.3 Å². The first kappa shape index (κ1) is 20.8. The molecule has 5 rings (SSSR count). The normalized spacial score (nSPS) is 11.7. The number of benzene rings is 2. The maximum atomic E-state index is 13.5. The van der Waals surface area contributed by atoms with Gasteiger partial charge in [0.15, 0.2) is 11.3 Å². The molecule has 0 N–H and O–H groups in total. The summed E-state index contributed by atoms with van der Waals surface area (Å²) in [5.74, 6) is 0. The second-order valence-electron chi connectivity index (χ2n) is 8.05. The molecule has 0 aliphatic carbocycles. The van der Waals surface area contributed by atoms with Crippen LogP contribution in [0.15, 0.2) is 64.1 Å². The lowest BCUT2D eigenvalue weighted by molar-refractivity contribution is 0.556. The molecular formula is C25H24BrN5O. The lowest BCUT2D eigenvalue weighted by Gasteiger charge is -2.08. The van der Waals surface area contributed by atoms with E-state index in [1.807, 2.05) is 53.1 Å².